The van der Waals surface area contributed by atoms with Gasteiger partial charge in [0, 0.05) is 19.1 Å². The Labute approximate surface area is 98.0 Å². The van der Waals surface area contributed by atoms with Gasteiger partial charge >= 0.3 is 0 Å². The topological polar surface area (TPSA) is 52.6 Å². The molecule has 0 spiro atoms. The van der Waals surface area contributed by atoms with Crippen LogP contribution in [-0.4, -0.2) is 47.7 Å². The summed E-state index contributed by atoms with van der Waals surface area (Å²) >= 11 is 0. The van der Waals surface area contributed by atoms with Crippen molar-refractivity contribution in [3.8, 4) is 0 Å². The van der Waals surface area contributed by atoms with Crippen molar-refractivity contribution in [2.75, 3.05) is 19.7 Å². The number of amides is 1. The van der Waals surface area contributed by atoms with Crippen LogP contribution in [0.4, 0.5) is 0 Å². The van der Waals surface area contributed by atoms with Crippen LogP contribution in [0.3, 0.4) is 0 Å². The second kappa shape index (κ2) is 6.86. The van der Waals surface area contributed by atoms with Gasteiger partial charge in [-0.15, -0.1) is 0 Å². The third-order valence-corrected chi connectivity index (χ3v) is 3.33. The molecule has 0 saturated heterocycles. The number of carbonyl (C=O) groups is 1. The average molecular weight is 228 g/mol. The SMILES string of the molecule is CCCNC(=O)C(C)N(CCO)C1CCC1. The van der Waals surface area contributed by atoms with Crippen molar-refractivity contribution in [1.82, 2.24) is 10.2 Å². The van der Waals surface area contributed by atoms with Gasteiger partial charge in [-0.1, -0.05) is 13.3 Å². The molecule has 0 radical (unpaired) electrons. The fraction of sp³-hybridized carbons (Fsp3) is 0.917. The van der Waals surface area contributed by atoms with Crippen molar-refractivity contribution in [3.05, 3.63) is 0 Å². The second-order valence-electron chi connectivity index (χ2n) is 4.51. The first-order valence-electron chi connectivity index (χ1n) is 6.35. The molecule has 0 aromatic rings. The lowest BCUT2D eigenvalue weighted by Crippen LogP contribution is -2.52. The number of hydrogen-bond acceptors (Lipinski definition) is 3. The predicted octanol–water partition coefficient (Wildman–Crippen LogP) is 0.748. The molecule has 4 heteroatoms. The molecule has 0 heterocycles. The molecule has 1 fully saturated rings. The Morgan fingerprint density at radius 1 is 1.56 bits per heavy atom. The molecule has 1 aliphatic carbocycles. The van der Waals surface area contributed by atoms with Crippen molar-refractivity contribution < 1.29 is 9.90 Å². The largest absolute Gasteiger partial charge is 0.395 e. The second-order valence-corrected chi connectivity index (χ2v) is 4.51. The Bertz CT molecular complexity index is 217. The van der Waals surface area contributed by atoms with Crippen molar-refractivity contribution in [2.45, 2.75) is 51.6 Å². The average Bonchev–Trinajstić information content (AvgIpc) is 2.21. The summed E-state index contributed by atoms with van der Waals surface area (Å²) in [5.74, 6) is 0.0854. The Balaban J connectivity index is 2.44. The smallest absolute Gasteiger partial charge is 0.237 e. The molecular weight excluding hydrogens is 204 g/mol. The van der Waals surface area contributed by atoms with Crippen LogP contribution in [0.1, 0.15) is 39.5 Å². The Morgan fingerprint density at radius 3 is 2.69 bits per heavy atom. The third-order valence-electron chi connectivity index (χ3n) is 3.33. The molecule has 1 saturated carbocycles. The van der Waals surface area contributed by atoms with Gasteiger partial charge in [-0.2, -0.15) is 0 Å². The minimum Gasteiger partial charge on any atom is -0.395 e. The normalized spacial score (nSPS) is 18.2. The van der Waals surface area contributed by atoms with Crippen LogP contribution in [0.15, 0.2) is 0 Å². The van der Waals surface area contributed by atoms with Crippen LogP contribution in [0.5, 0.6) is 0 Å². The number of aliphatic hydroxyl groups excluding tert-OH is 1. The van der Waals surface area contributed by atoms with E-state index in [1.54, 1.807) is 0 Å². The van der Waals surface area contributed by atoms with E-state index in [-0.39, 0.29) is 18.6 Å². The van der Waals surface area contributed by atoms with Gasteiger partial charge in [0.15, 0.2) is 0 Å². The summed E-state index contributed by atoms with van der Waals surface area (Å²) in [7, 11) is 0. The first-order valence-corrected chi connectivity index (χ1v) is 6.35. The number of carbonyl (C=O) groups excluding carboxylic acids is 1. The molecular formula is C12H24N2O2. The van der Waals surface area contributed by atoms with Gasteiger partial charge in [-0.05, 0) is 26.2 Å². The summed E-state index contributed by atoms with van der Waals surface area (Å²) in [4.78, 5) is 14.0. The molecule has 1 aliphatic rings. The first kappa shape index (κ1) is 13.5. The van der Waals surface area contributed by atoms with Crippen molar-refractivity contribution in [1.29, 1.82) is 0 Å². The Kier molecular flexibility index (Phi) is 5.77. The van der Waals surface area contributed by atoms with E-state index >= 15 is 0 Å². The van der Waals surface area contributed by atoms with Gasteiger partial charge in [0.1, 0.15) is 0 Å². The summed E-state index contributed by atoms with van der Waals surface area (Å²) in [5, 5.41) is 12.0. The fourth-order valence-electron chi connectivity index (χ4n) is 2.07. The maximum absolute atomic E-state index is 11.8. The number of nitrogens with zero attached hydrogens (tertiary/aromatic N) is 1. The van der Waals surface area contributed by atoms with Crippen LogP contribution in [0.25, 0.3) is 0 Å². The molecule has 1 unspecified atom stereocenters. The maximum Gasteiger partial charge on any atom is 0.237 e. The highest BCUT2D eigenvalue weighted by molar-refractivity contribution is 5.81. The summed E-state index contributed by atoms with van der Waals surface area (Å²) < 4.78 is 0. The summed E-state index contributed by atoms with van der Waals surface area (Å²) in [6, 6.07) is 0.374. The van der Waals surface area contributed by atoms with Crippen molar-refractivity contribution >= 4 is 5.91 Å². The number of nitrogens with one attached hydrogen (secondary N) is 1. The highest BCUT2D eigenvalue weighted by Crippen LogP contribution is 2.26. The fourth-order valence-corrected chi connectivity index (χ4v) is 2.07. The number of aliphatic hydroxyl groups is 1. The lowest BCUT2D eigenvalue weighted by Gasteiger charge is -2.40. The zero-order valence-corrected chi connectivity index (χ0v) is 10.4. The zero-order valence-electron chi connectivity index (χ0n) is 10.4. The minimum absolute atomic E-state index is 0.0854. The molecule has 16 heavy (non-hydrogen) atoms. The highest BCUT2D eigenvalue weighted by Gasteiger charge is 2.30. The monoisotopic (exact) mass is 228 g/mol. The van der Waals surface area contributed by atoms with Gasteiger partial charge in [0.2, 0.25) is 5.91 Å². The molecule has 0 aliphatic heterocycles. The summed E-state index contributed by atoms with van der Waals surface area (Å²) in [6.45, 7) is 5.44. The number of rotatable bonds is 7. The molecule has 0 aromatic carbocycles. The molecule has 1 rings (SSSR count). The van der Waals surface area contributed by atoms with Crippen LogP contribution >= 0.6 is 0 Å². The molecule has 94 valence electrons. The maximum atomic E-state index is 11.8. The standard InChI is InChI=1S/C12H24N2O2/c1-3-7-13-12(16)10(2)14(8-9-15)11-5-4-6-11/h10-11,15H,3-9H2,1-2H3,(H,13,16). The molecule has 1 amide bonds. The van der Waals surface area contributed by atoms with Gasteiger partial charge in [-0.3, -0.25) is 9.69 Å². The van der Waals surface area contributed by atoms with E-state index in [4.69, 9.17) is 5.11 Å². The minimum atomic E-state index is -0.121. The highest BCUT2D eigenvalue weighted by atomic mass is 16.3. The van der Waals surface area contributed by atoms with E-state index in [0.29, 0.717) is 12.6 Å². The molecule has 0 bridgehead atoms. The lowest BCUT2D eigenvalue weighted by molar-refractivity contribution is -0.127. The van der Waals surface area contributed by atoms with Crippen LogP contribution in [0, 0.1) is 0 Å². The van der Waals surface area contributed by atoms with Crippen molar-refractivity contribution in [3.63, 3.8) is 0 Å². The quantitative estimate of drug-likeness (QED) is 0.676. The van der Waals surface area contributed by atoms with E-state index in [1.807, 2.05) is 13.8 Å². The van der Waals surface area contributed by atoms with E-state index in [0.717, 1.165) is 25.8 Å². The van der Waals surface area contributed by atoms with E-state index in [1.165, 1.54) is 6.42 Å². The van der Waals surface area contributed by atoms with E-state index < -0.39 is 0 Å². The zero-order chi connectivity index (χ0) is 12.0. The van der Waals surface area contributed by atoms with E-state index in [2.05, 4.69) is 10.2 Å². The summed E-state index contributed by atoms with van der Waals surface area (Å²) in [6.07, 6.45) is 4.52. The van der Waals surface area contributed by atoms with E-state index in [9.17, 15) is 4.79 Å². The lowest BCUT2D eigenvalue weighted by atomic mass is 9.90. The molecule has 4 nitrogen and oxygen atoms in total. The molecule has 1 atom stereocenters. The Hall–Kier alpha value is -0.610. The van der Waals surface area contributed by atoms with Crippen LogP contribution in [-0.2, 0) is 4.79 Å². The Morgan fingerprint density at radius 2 is 2.25 bits per heavy atom. The van der Waals surface area contributed by atoms with Crippen LogP contribution < -0.4 is 5.32 Å². The van der Waals surface area contributed by atoms with Gasteiger partial charge in [0.05, 0.1) is 12.6 Å². The first-order chi connectivity index (χ1) is 7.70. The molecule has 0 aromatic heterocycles. The van der Waals surface area contributed by atoms with Gasteiger partial charge < -0.3 is 10.4 Å². The van der Waals surface area contributed by atoms with Gasteiger partial charge in [-0.25, -0.2) is 0 Å². The van der Waals surface area contributed by atoms with Crippen molar-refractivity contribution in [2.24, 2.45) is 0 Å². The molecule has 2 N–H and O–H groups in total. The number of hydrogen-bond donors (Lipinski definition) is 2. The predicted molar refractivity (Wildman–Crippen MR) is 64.2 cm³/mol. The van der Waals surface area contributed by atoms with Crippen LogP contribution in [0.2, 0.25) is 0 Å². The third kappa shape index (κ3) is 3.46. The van der Waals surface area contributed by atoms with Gasteiger partial charge in [0.25, 0.3) is 0 Å². The summed E-state index contributed by atoms with van der Waals surface area (Å²) in [5.41, 5.74) is 0.